The highest BCUT2D eigenvalue weighted by Crippen LogP contribution is 2.16. The Morgan fingerprint density at radius 2 is 2.00 bits per heavy atom. The molecule has 1 aromatic rings. The summed E-state index contributed by atoms with van der Waals surface area (Å²) in [5, 5.41) is 12.8. The van der Waals surface area contributed by atoms with Gasteiger partial charge in [-0.15, -0.1) is 0 Å². The average molecular weight is 300 g/mol. The van der Waals surface area contributed by atoms with E-state index in [0.29, 0.717) is 18.7 Å². The van der Waals surface area contributed by atoms with Gasteiger partial charge in [-0.1, -0.05) is 19.9 Å². The molecule has 0 aliphatic heterocycles. The molecule has 0 fully saturated rings. The lowest BCUT2D eigenvalue weighted by Gasteiger charge is -2.21. The molecule has 118 valence electrons. The fourth-order valence-corrected chi connectivity index (χ4v) is 1.79. The van der Waals surface area contributed by atoms with Crippen molar-refractivity contribution >= 4 is 5.91 Å². The Kier molecular flexibility index (Phi) is 6.71. The third kappa shape index (κ3) is 5.77. The molecular weight excluding hydrogens is 278 g/mol. The Morgan fingerprint density at radius 3 is 2.57 bits per heavy atom. The van der Waals surface area contributed by atoms with E-state index in [0.717, 1.165) is 12.1 Å². The summed E-state index contributed by atoms with van der Waals surface area (Å²) in [5.41, 5.74) is 0.326. The van der Waals surface area contributed by atoms with Gasteiger partial charge in [-0.2, -0.15) is 0 Å². The van der Waals surface area contributed by atoms with Crippen LogP contribution in [-0.2, 0) is 4.79 Å². The van der Waals surface area contributed by atoms with Crippen LogP contribution in [0, 0.1) is 17.6 Å². The van der Waals surface area contributed by atoms with Gasteiger partial charge in [0.1, 0.15) is 0 Å². The van der Waals surface area contributed by atoms with Gasteiger partial charge in [0, 0.05) is 25.6 Å². The van der Waals surface area contributed by atoms with Crippen molar-refractivity contribution < 1.29 is 18.7 Å². The third-order valence-corrected chi connectivity index (χ3v) is 3.13. The average Bonchev–Trinajstić information content (AvgIpc) is 2.41. The molecule has 0 saturated heterocycles. The van der Waals surface area contributed by atoms with Crippen molar-refractivity contribution in [2.75, 3.05) is 26.7 Å². The zero-order valence-corrected chi connectivity index (χ0v) is 12.6. The first kappa shape index (κ1) is 17.5. The molecule has 0 saturated carbocycles. The maximum Gasteiger partial charge on any atom is 0.222 e. The van der Waals surface area contributed by atoms with Crippen LogP contribution < -0.4 is 5.32 Å². The number of aliphatic hydroxyl groups is 1. The SMILES string of the molecule is CC(C)C(=O)NCCN(C)CC(O)c1ccc(F)c(F)c1. The van der Waals surface area contributed by atoms with Gasteiger partial charge in [0.2, 0.25) is 5.91 Å². The number of nitrogens with one attached hydrogen (secondary N) is 1. The number of rotatable bonds is 7. The predicted molar refractivity (Wildman–Crippen MR) is 76.7 cm³/mol. The van der Waals surface area contributed by atoms with Gasteiger partial charge in [-0.05, 0) is 24.7 Å². The Balaban J connectivity index is 2.41. The molecule has 1 atom stereocenters. The van der Waals surface area contributed by atoms with Crippen molar-refractivity contribution in [1.29, 1.82) is 0 Å². The maximum atomic E-state index is 13.1. The fourth-order valence-electron chi connectivity index (χ4n) is 1.79. The zero-order valence-electron chi connectivity index (χ0n) is 12.6. The molecule has 1 amide bonds. The van der Waals surface area contributed by atoms with E-state index in [1.54, 1.807) is 7.05 Å². The molecule has 0 aliphatic carbocycles. The summed E-state index contributed by atoms with van der Waals surface area (Å²) in [5.74, 6) is -2.00. The number of carbonyl (C=O) groups is 1. The second-order valence-corrected chi connectivity index (χ2v) is 5.40. The van der Waals surface area contributed by atoms with Crippen molar-refractivity contribution in [1.82, 2.24) is 10.2 Å². The van der Waals surface area contributed by atoms with Gasteiger partial charge < -0.3 is 15.3 Å². The highest BCUT2D eigenvalue weighted by atomic mass is 19.2. The number of benzene rings is 1. The van der Waals surface area contributed by atoms with E-state index in [9.17, 15) is 18.7 Å². The van der Waals surface area contributed by atoms with Gasteiger partial charge in [0.25, 0.3) is 0 Å². The number of halogens is 2. The molecule has 6 heteroatoms. The number of likely N-dealkylation sites (N-methyl/N-ethyl adjacent to an activating group) is 1. The van der Waals surface area contributed by atoms with E-state index in [4.69, 9.17) is 0 Å². The number of carbonyl (C=O) groups excluding carboxylic acids is 1. The standard InChI is InChI=1S/C15H22F2N2O2/c1-10(2)15(21)18-6-7-19(3)9-14(20)11-4-5-12(16)13(17)8-11/h4-5,8,10,14,20H,6-7,9H2,1-3H3,(H,18,21). The maximum absolute atomic E-state index is 13.1. The molecule has 1 rings (SSSR count). The lowest BCUT2D eigenvalue weighted by Crippen LogP contribution is -2.36. The molecule has 0 aromatic heterocycles. The summed E-state index contributed by atoms with van der Waals surface area (Å²) in [6.07, 6.45) is -0.911. The molecule has 0 spiro atoms. The normalized spacial score (nSPS) is 12.8. The van der Waals surface area contributed by atoms with Crippen LogP contribution in [0.2, 0.25) is 0 Å². The molecule has 21 heavy (non-hydrogen) atoms. The summed E-state index contributed by atoms with van der Waals surface area (Å²) in [7, 11) is 1.78. The number of hydrogen-bond donors (Lipinski definition) is 2. The second kappa shape index (κ2) is 8.05. The van der Waals surface area contributed by atoms with E-state index in [-0.39, 0.29) is 18.4 Å². The number of hydrogen-bond acceptors (Lipinski definition) is 3. The third-order valence-electron chi connectivity index (χ3n) is 3.13. The topological polar surface area (TPSA) is 52.6 Å². The molecule has 0 radical (unpaired) electrons. The van der Waals surface area contributed by atoms with Gasteiger partial charge in [-0.3, -0.25) is 4.79 Å². The molecule has 0 aliphatic rings. The van der Waals surface area contributed by atoms with Gasteiger partial charge in [-0.25, -0.2) is 8.78 Å². The quantitative estimate of drug-likeness (QED) is 0.806. The first-order valence-electron chi connectivity index (χ1n) is 6.90. The molecule has 4 nitrogen and oxygen atoms in total. The minimum atomic E-state index is -0.974. The summed E-state index contributed by atoms with van der Waals surface area (Å²) in [6, 6.07) is 3.35. The highest BCUT2D eigenvalue weighted by molar-refractivity contribution is 5.77. The smallest absolute Gasteiger partial charge is 0.222 e. The minimum Gasteiger partial charge on any atom is -0.387 e. The van der Waals surface area contributed by atoms with Crippen LogP contribution in [0.3, 0.4) is 0 Å². The van der Waals surface area contributed by atoms with Crippen molar-refractivity contribution in [2.24, 2.45) is 5.92 Å². The minimum absolute atomic E-state index is 0.0236. The zero-order chi connectivity index (χ0) is 16.0. The number of aliphatic hydroxyl groups excluding tert-OH is 1. The van der Waals surface area contributed by atoms with Crippen LogP contribution in [0.4, 0.5) is 8.78 Å². The molecule has 0 heterocycles. The van der Waals surface area contributed by atoms with Gasteiger partial charge >= 0.3 is 0 Å². The number of amides is 1. The Hall–Kier alpha value is -1.53. The summed E-state index contributed by atoms with van der Waals surface area (Å²) >= 11 is 0. The Bertz CT molecular complexity index is 481. The summed E-state index contributed by atoms with van der Waals surface area (Å²) in [4.78, 5) is 13.2. The first-order valence-corrected chi connectivity index (χ1v) is 6.90. The highest BCUT2D eigenvalue weighted by Gasteiger charge is 2.13. The van der Waals surface area contributed by atoms with Gasteiger partial charge in [0.15, 0.2) is 11.6 Å². The largest absolute Gasteiger partial charge is 0.387 e. The molecule has 0 bridgehead atoms. The molecular formula is C15H22F2N2O2. The first-order chi connectivity index (χ1) is 9.81. The van der Waals surface area contributed by atoms with Crippen molar-refractivity contribution in [3.63, 3.8) is 0 Å². The summed E-state index contributed by atoms with van der Waals surface area (Å²) < 4.78 is 25.9. The van der Waals surface area contributed by atoms with E-state index in [1.165, 1.54) is 6.07 Å². The Labute approximate surface area is 123 Å². The van der Waals surface area contributed by atoms with Gasteiger partial charge in [0.05, 0.1) is 6.10 Å². The fraction of sp³-hybridized carbons (Fsp3) is 0.533. The number of nitrogens with zero attached hydrogens (tertiary/aromatic N) is 1. The molecule has 1 unspecified atom stereocenters. The van der Waals surface area contributed by atoms with E-state index >= 15 is 0 Å². The van der Waals surface area contributed by atoms with E-state index in [2.05, 4.69) is 5.32 Å². The van der Waals surface area contributed by atoms with Crippen LogP contribution in [0.15, 0.2) is 18.2 Å². The van der Waals surface area contributed by atoms with E-state index < -0.39 is 17.7 Å². The predicted octanol–water partition coefficient (Wildman–Crippen LogP) is 1.70. The van der Waals surface area contributed by atoms with Crippen LogP contribution in [-0.4, -0.2) is 42.6 Å². The van der Waals surface area contributed by atoms with Crippen LogP contribution in [0.5, 0.6) is 0 Å². The lowest BCUT2D eigenvalue weighted by molar-refractivity contribution is -0.124. The lowest BCUT2D eigenvalue weighted by atomic mass is 10.1. The second-order valence-electron chi connectivity index (χ2n) is 5.40. The van der Waals surface area contributed by atoms with Crippen LogP contribution in [0.1, 0.15) is 25.5 Å². The Morgan fingerprint density at radius 1 is 1.33 bits per heavy atom. The molecule has 1 aromatic carbocycles. The van der Waals surface area contributed by atoms with E-state index in [1.807, 2.05) is 18.7 Å². The molecule has 2 N–H and O–H groups in total. The van der Waals surface area contributed by atoms with Crippen molar-refractivity contribution in [3.8, 4) is 0 Å². The summed E-state index contributed by atoms with van der Waals surface area (Å²) in [6.45, 7) is 4.91. The van der Waals surface area contributed by atoms with Crippen molar-refractivity contribution in [2.45, 2.75) is 20.0 Å². The van der Waals surface area contributed by atoms with Crippen LogP contribution in [0.25, 0.3) is 0 Å². The van der Waals surface area contributed by atoms with Crippen LogP contribution >= 0.6 is 0 Å². The monoisotopic (exact) mass is 300 g/mol. The van der Waals surface area contributed by atoms with Crippen molar-refractivity contribution in [3.05, 3.63) is 35.4 Å².